The quantitative estimate of drug-likeness (QED) is 0.0820. The molecule has 0 radical (unpaired) electrons. The molecule has 9 heteroatoms. The molecule has 1 aromatic heterocycles. The molecule has 2 unspecified atom stereocenters. The SMILES string of the molecule is C#CCC.C/C=N\N1C=CC(Oc2ccc(Nc3ncnc4ccc(C)c(OCC(C)CCCC)c34)cc2)=CC1.CC.CCC(C)C(=O)/C=C/CN(C)C.CCCC. The molecule has 0 amide bonds. The molecular formula is C49H76N6O3. The molecule has 0 saturated carbocycles. The largest absolute Gasteiger partial charge is 0.492 e. The highest BCUT2D eigenvalue weighted by Crippen LogP contribution is 2.35. The number of hydrazone groups is 1. The number of unbranched alkanes of at least 4 members (excludes halogenated alkanes) is 2. The van der Waals surface area contributed by atoms with Gasteiger partial charge in [-0.25, -0.2) is 9.97 Å². The number of carbonyl (C=O) groups excluding carboxylic acids is 1. The third-order valence-electron chi connectivity index (χ3n) is 8.58. The molecule has 9 nitrogen and oxygen atoms in total. The van der Waals surface area contributed by atoms with Crippen molar-refractivity contribution in [1.29, 1.82) is 0 Å². The van der Waals surface area contributed by atoms with E-state index in [1.54, 1.807) is 18.6 Å². The van der Waals surface area contributed by atoms with E-state index >= 15 is 0 Å². The van der Waals surface area contributed by atoms with Crippen LogP contribution in [0.2, 0.25) is 0 Å². The van der Waals surface area contributed by atoms with Crippen LogP contribution in [0.4, 0.5) is 11.5 Å². The minimum atomic E-state index is 0.170. The Morgan fingerprint density at radius 3 is 2.24 bits per heavy atom. The lowest BCUT2D eigenvalue weighted by Crippen LogP contribution is -2.14. The highest BCUT2D eigenvalue weighted by Gasteiger charge is 2.15. The fourth-order valence-electron chi connectivity index (χ4n) is 4.77. The molecule has 58 heavy (non-hydrogen) atoms. The number of rotatable bonds is 17. The number of hydrogen-bond acceptors (Lipinski definition) is 9. The van der Waals surface area contributed by atoms with E-state index in [-0.39, 0.29) is 11.7 Å². The number of aromatic nitrogens is 2. The van der Waals surface area contributed by atoms with Crippen LogP contribution < -0.4 is 14.8 Å². The number of hydrogen-bond donors (Lipinski definition) is 1. The van der Waals surface area contributed by atoms with E-state index in [2.05, 4.69) is 67.0 Å². The van der Waals surface area contributed by atoms with Crippen molar-refractivity contribution in [2.75, 3.05) is 39.1 Å². The average molecular weight is 797 g/mol. The summed E-state index contributed by atoms with van der Waals surface area (Å²) in [5.74, 6) is 6.45. The molecule has 0 fully saturated rings. The standard InChI is InChI=1S/C29H35N5O2.C10H19NO.C4H10.C4H6.C2H6/c1-5-7-8-21(3)19-35-28-22(4)9-14-26-27(28)29(31-20-30-26)33-23-10-12-24(13-11-23)36-25-15-17-34(18-16-25)32-6-2;1-5-9(2)10(12)7-6-8-11(3)4;2*1-3-4-2;1-2/h6,9-17,20-21H,5,7-8,18-19H2,1-4H3,(H,30,31,33);6-7,9H,5,8H2,1-4H3;3-4H2,1-2H3;1H,4H2,2H3;1-2H3/b32-6-;7-6+;;;. The van der Waals surface area contributed by atoms with Crippen LogP contribution in [0.15, 0.2) is 84.1 Å². The first-order chi connectivity index (χ1) is 28.0. The van der Waals surface area contributed by atoms with Crippen molar-refractivity contribution < 1.29 is 14.3 Å². The Hall–Kier alpha value is -4.94. The minimum Gasteiger partial charge on any atom is -0.492 e. The zero-order valence-corrected chi connectivity index (χ0v) is 38.3. The lowest BCUT2D eigenvalue weighted by molar-refractivity contribution is -0.117. The fourth-order valence-corrected chi connectivity index (χ4v) is 4.77. The van der Waals surface area contributed by atoms with Crippen LogP contribution in [0.25, 0.3) is 10.9 Å². The van der Waals surface area contributed by atoms with Crippen molar-refractivity contribution >= 4 is 34.4 Å². The molecule has 1 aliphatic heterocycles. The number of carbonyl (C=O) groups is 1. The number of aryl methyl sites for hydroxylation is 1. The first-order valence-electron chi connectivity index (χ1n) is 21.3. The van der Waals surface area contributed by atoms with Gasteiger partial charge in [0, 0.05) is 37.0 Å². The van der Waals surface area contributed by atoms with Crippen LogP contribution in [-0.2, 0) is 4.79 Å². The second-order valence-corrected chi connectivity index (χ2v) is 14.0. The van der Waals surface area contributed by atoms with Crippen molar-refractivity contribution in [3.63, 3.8) is 0 Å². The van der Waals surface area contributed by atoms with Gasteiger partial charge in [-0.1, -0.05) is 100 Å². The summed E-state index contributed by atoms with van der Waals surface area (Å²) in [6, 6.07) is 11.9. The fraction of sp³-hybridized carbons (Fsp3) is 0.510. The van der Waals surface area contributed by atoms with Gasteiger partial charge in [-0.05, 0) is 101 Å². The van der Waals surface area contributed by atoms with E-state index in [1.165, 1.54) is 25.7 Å². The number of likely N-dealkylation sites (N-methyl/N-ethyl adjacent to an activating group) is 1. The molecule has 2 aromatic carbocycles. The van der Waals surface area contributed by atoms with Crippen molar-refractivity contribution in [2.24, 2.45) is 16.9 Å². The maximum Gasteiger partial charge on any atom is 0.158 e. The Balaban J connectivity index is 0.00000122. The van der Waals surface area contributed by atoms with Crippen LogP contribution in [-0.4, -0.2) is 65.7 Å². The van der Waals surface area contributed by atoms with Crippen LogP contribution in [0, 0.1) is 31.1 Å². The lowest BCUT2D eigenvalue weighted by Gasteiger charge is -2.18. The predicted octanol–water partition coefficient (Wildman–Crippen LogP) is 12.6. The normalized spacial score (nSPS) is 12.7. The summed E-state index contributed by atoms with van der Waals surface area (Å²) >= 11 is 0. The summed E-state index contributed by atoms with van der Waals surface area (Å²) in [5.41, 5.74) is 2.83. The molecule has 4 rings (SSSR count). The van der Waals surface area contributed by atoms with Gasteiger partial charge in [0.15, 0.2) is 5.78 Å². The number of nitrogens with zero attached hydrogens (tertiary/aromatic N) is 5. The molecule has 3 aromatic rings. The second kappa shape index (κ2) is 33.1. The number of nitrogens with one attached hydrogen (secondary N) is 1. The Bertz CT molecular complexity index is 1700. The molecule has 1 aliphatic rings. The number of allylic oxidation sites excluding steroid dienone is 2. The summed E-state index contributed by atoms with van der Waals surface area (Å²) in [7, 11) is 3.97. The minimum absolute atomic E-state index is 0.170. The molecule has 0 saturated heterocycles. The van der Waals surface area contributed by atoms with Crippen LogP contribution in [0.1, 0.15) is 120 Å². The van der Waals surface area contributed by atoms with Crippen molar-refractivity contribution in [3.05, 3.63) is 84.6 Å². The van der Waals surface area contributed by atoms with Gasteiger partial charge in [-0.15, -0.1) is 12.3 Å². The summed E-state index contributed by atoms with van der Waals surface area (Å²) in [6.07, 6.45) is 25.5. The smallest absolute Gasteiger partial charge is 0.158 e. The Labute approximate surface area is 353 Å². The van der Waals surface area contributed by atoms with Crippen molar-refractivity contribution in [1.82, 2.24) is 19.9 Å². The van der Waals surface area contributed by atoms with E-state index in [1.807, 2.05) is 120 Å². The van der Waals surface area contributed by atoms with Crippen LogP contribution in [0.5, 0.6) is 11.5 Å². The molecule has 1 N–H and O–H groups in total. The molecule has 0 aliphatic carbocycles. The van der Waals surface area contributed by atoms with E-state index < -0.39 is 0 Å². The third-order valence-corrected chi connectivity index (χ3v) is 8.58. The average Bonchev–Trinajstić information content (AvgIpc) is 3.24. The van der Waals surface area contributed by atoms with Gasteiger partial charge >= 0.3 is 0 Å². The highest BCUT2D eigenvalue weighted by molar-refractivity contribution is 5.96. The molecule has 2 heterocycles. The maximum absolute atomic E-state index is 11.3. The predicted molar refractivity (Wildman–Crippen MR) is 250 cm³/mol. The summed E-state index contributed by atoms with van der Waals surface area (Å²) in [4.78, 5) is 22.3. The Kier molecular flexibility index (Phi) is 30.3. The second-order valence-electron chi connectivity index (χ2n) is 14.0. The Morgan fingerprint density at radius 2 is 1.71 bits per heavy atom. The molecule has 320 valence electrons. The van der Waals surface area contributed by atoms with Gasteiger partial charge in [0.2, 0.25) is 0 Å². The number of benzene rings is 2. The highest BCUT2D eigenvalue weighted by atomic mass is 16.5. The van der Waals surface area contributed by atoms with Gasteiger partial charge in [-0.3, -0.25) is 9.80 Å². The number of ether oxygens (including phenoxy) is 2. The molecule has 2 atom stereocenters. The number of ketones is 1. The van der Waals surface area contributed by atoms with Crippen molar-refractivity contribution in [2.45, 2.75) is 121 Å². The first-order valence-corrected chi connectivity index (χ1v) is 21.3. The van der Waals surface area contributed by atoms with Gasteiger partial charge < -0.3 is 19.7 Å². The maximum atomic E-state index is 11.3. The third kappa shape index (κ3) is 22.1. The van der Waals surface area contributed by atoms with Gasteiger partial charge in [0.25, 0.3) is 0 Å². The van der Waals surface area contributed by atoms with Gasteiger partial charge in [-0.2, -0.15) is 5.10 Å². The zero-order valence-electron chi connectivity index (χ0n) is 38.3. The number of terminal acetylenes is 1. The molecule has 0 spiro atoms. The number of anilines is 2. The molecule has 0 bridgehead atoms. The zero-order chi connectivity index (χ0) is 43.7. The van der Waals surface area contributed by atoms with E-state index in [9.17, 15) is 4.79 Å². The van der Waals surface area contributed by atoms with Gasteiger partial charge in [0.1, 0.15) is 29.4 Å². The number of fused-ring (bicyclic) bond motifs is 1. The van der Waals surface area contributed by atoms with Crippen molar-refractivity contribution in [3.8, 4) is 23.8 Å². The van der Waals surface area contributed by atoms with Gasteiger partial charge in [0.05, 0.1) is 24.1 Å². The monoisotopic (exact) mass is 797 g/mol. The topological polar surface area (TPSA) is 92.2 Å². The van der Waals surface area contributed by atoms with E-state index in [4.69, 9.17) is 15.9 Å². The summed E-state index contributed by atoms with van der Waals surface area (Å²) in [6.45, 7) is 24.9. The van der Waals surface area contributed by atoms with E-state index in [0.29, 0.717) is 19.1 Å². The first kappa shape index (κ1) is 53.1. The lowest BCUT2D eigenvalue weighted by atomic mass is 10.0. The summed E-state index contributed by atoms with van der Waals surface area (Å²) in [5, 5.41) is 10.4. The molecular weight excluding hydrogens is 721 g/mol. The summed E-state index contributed by atoms with van der Waals surface area (Å²) < 4.78 is 12.3. The van der Waals surface area contributed by atoms with E-state index in [0.717, 1.165) is 71.0 Å². The van der Waals surface area contributed by atoms with Crippen LogP contribution >= 0.6 is 0 Å². The van der Waals surface area contributed by atoms with Crippen LogP contribution in [0.3, 0.4) is 0 Å². The Morgan fingerprint density at radius 1 is 1.03 bits per heavy atom.